The van der Waals surface area contributed by atoms with Gasteiger partial charge in [0.15, 0.2) is 5.78 Å². The number of rotatable bonds is 5. The summed E-state index contributed by atoms with van der Waals surface area (Å²) in [7, 11) is 0. The van der Waals surface area contributed by atoms with Crippen LogP contribution in [0.1, 0.15) is 45.4 Å². The summed E-state index contributed by atoms with van der Waals surface area (Å²) < 4.78 is 5.02. The molecule has 2 aliphatic rings. The van der Waals surface area contributed by atoms with E-state index in [0.29, 0.717) is 19.6 Å². The van der Waals surface area contributed by atoms with Crippen molar-refractivity contribution in [2.75, 3.05) is 13.2 Å². The van der Waals surface area contributed by atoms with E-state index in [1.807, 2.05) is 0 Å². The summed E-state index contributed by atoms with van der Waals surface area (Å²) in [5, 5.41) is 9.73. The number of allylic oxidation sites excluding steroid dienone is 1. The molecular weight excluding hydrogens is 270 g/mol. The maximum atomic E-state index is 12.1. The Morgan fingerprint density at radius 2 is 2.00 bits per heavy atom. The average molecular weight is 295 g/mol. The van der Waals surface area contributed by atoms with Gasteiger partial charge in [0.2, 0.25) is 0 Å². The van der Waals surface area contributed by atoms with E-state index in [9.17, 15) is 14.7 Å². The maximum Gasteiger partial charge on any atom is 0.328 e. The molecule has 5 heteroatoms. The van der Waals surface area contributed by atoms with E-state index in [0.717, 1.165) is 25.7 Å². The summed E-state index contributed by atoms with van der Waals surface area (Å²) >= 11 is 0. The number of aliphatic hydroxyl groups excluding tert-OH is 1. The highest BCUT2D eigenvalue weighted by Crippen LogP contribution is 2.25. The number of likely N-dealkylation sites (tertiary alicyclic amines) is 1. The van der Waals surface area contributed by atoms with Crippen LogP contribution in [0.3, 0.4) is 0 Å². The van der Waals surface area contributed by atoms with Crippen LogP contribution in [0, 0.1) is 5.92 Å². The molecule has 0 aromatic carbocycles. The maximum absolute atomic E-state index is 12.1. The lowest BCUT2D eigenvalue weighted by Gasteiger charge is -2.22. The standard InChI is InChI=1S/C16H25NO4/c1-2-21-16(20)14-10-13(18)11-17(14)9-8-15(19)12-6-4-3-5-7-12/h8-9,12-14,18H,2-7,10-11H2,1H3/b9-8+. The zero-order chi connectivity index (χ0) is 15.2. The van der Waals surface area contributed by atoms with E-state index >= 15 is 0 Å². The normalized spacial score (nSPS) is 27.2. The third-order valence-electron chi connectivity index (χ3n) is 4.31. The number of ether oxygens (including phenoxy) is 1. The Kier molecular flexibility index (Phi) is 5.79. The van der Waals surface area contributed by atoms with Crippen molar-refractivity contribution < 1.29 is 19.4 Å². The molecule has 0 radical (unpaired) electrons. The summed E-state index contributed by atoms with van der Waals surface area (Å²) in [5.74, 6) is -0.0638. The third kappa shape index (κ3) is 4.30. The fourth-order valence-corrected chi connectivity index (χ4v) is 3.17. The quantitative estimate of drug-likeness (QED) is 0.617. The molecule has 1 saturated carbocycles. The van der Waals surface area contributed by atoms with Crippen LogP contribution in [0.15, 0.2) is 12.3 Å². The molecule has 0 amide bonds. The second-order valence-electron chi connectivity index (χ2n) is 5.91. The number of aliphatic hydroxyl groups is 1. The Labute approximate surface area is 126 Å². The summed E-state index contributed by atoms with van der Waals surface area (Å²) in [6.07, 6.45) is 8.44. The van der Waals surface area contributed by atoms with Crippen LogP contribution in [0.5, 0.6) is 0 Å². The molecule has 1 N–H and O–H groups in total. The van der Waals surface area contributed by atoms with Gasteiger partial charge >= 0.3 is 5.97 Å². The predicted octanol–water partition coefficient (Wildman–Crippen LogP) is 1.65. The molecule has 0 aromatic rings. The van der Waals surface area contributed by atoms with E-state index < -0.39 is 12.1 Å². The smallest absolute Gasteiger partial charge is 0.328 e. The first-order valence-corrected chi connectivity index (χ1v) is 7.94. The molecule has 2 fully saturated rings. The van der Waals surface area contributed by atoms with Crippen LogP contribution in [-0.4, -0.2) is 47.1 Å². The molecule has 1 aliphatic heterocycles. The van der Waals surface area contributed by atoms with Gasteiger partial charge in [0, 0.05) is 25.1 Å². The van der Waals surface area contributed by atoms with Gasteiger partial charge in [-0.3, -0.25) is 4.79 Å². The fourth-order valence-electron chi connectivity index (χ4n) is 3.17. The molecule has 5 nitrogen and oxygen atoms in total. The molecule has 1 heterocycles. The highest BCUT2D eigenvalue weighted by Gasteiger charge is 2.35. The Bertz CT molecular complexity index is 401. The fraction of sp³-hybridized carbons (Fsp3) is 0.750. The highest BCUT2D eigenvalue weighted by atomic mass is 16.5. The molecular formula is C16H25NO4. The van der Waals surface area contributed by atoms with Crippen LogP contribution < -0.4 is 0 Å². The first-order chi connectivity index (χ1) is 10.1. The van der Waals surface area contributed by atoms with Crippen molar-refractivity contribution in [1.29, 1.82) is 0 Å². The molecule has 2 unspecified atom stereocenters. The van der Waals surface area contributed by atoms with E-state index in [4.69, 9.17) is 4.74 Å². The molecule has 21 heavy (non-hydrogen) atoms. The number of hydrogen-bond donors (Lipinski definition) is 1. The van der Waals surface area contributed by atoms with Crippen LogP contribution in [0.2, 0.25) is 0 Å². The predicted molar refractivity (Wildman–Crippen MR) is 78.5 cm³/mol. The molecule has 1 aliphatic carbocycles. The highest BCUT2D eigenvalue weighted by molar-refractivity contribution is 5.91. The van der Waals surface area contributed by atoms with Gasteiger partial charge in [0.1, 0.15) is 6.04 Å². The van der Waals surface area contributed by atoms with Crippen molar-refractivity contribution in [2.24, 2.45) is 5.92 Å². The SMILES string of the molecule is CCOC(=O)C1CC(O)CN1/C=C/C(=O)C1CCCCC1. The van der Waals surface area contributed by atoms with Gasteiger partial charge in [-0.1, -0.05) is 19.3 Å². The van der Waals surface area contributed by atoms with Crippen LogP contribution >= 0.6 is 0 Å². The Hall–Kier alpha value is -1.36. The number of β-amino-alcohol motifs (C(OH)–C–C–N with tert-alkyl or cyclic N) is 1. The van der Waals surface area contributed by atoms with E-state index in [-0.39, 0.29) is 17.7 Å². The number of carbonyl (C=O) groups is 2. The van der Waals surface area contributed by atoms with Gasteiger partial charge in [-0.05, 0) is 25.8 Å². The number of nitrogens with zero attached hydrogens (tertiary/aromatic N) is 1. The molecule has 0 bridgehead atoms. The Balaban J connectivity index is 1.94. The molecule has 1 saturated heterocycles. The summed E-state index contributed by atoms with van der Waals surface area (Å²) in [6, 6.07) is -0.477. The second kappa shape index (κ2) is 7.59. The number of esters is 1. The van der Waals surface area contributed by atoms with Crippen molar-refractivity contribution >= 4 is 11.8 Å². The molecule has 0 spiro atoms. The lowest BCUT2D eigenvalue weighted by molar-refractivity contribution is -0.147. The zero-order valence-electron chi connectivity index (χ0n) is 12.7. The van der Waals surface area contributed by atoms with Gasteiger partial charge in [-0.2, -0.15) is 0 Å². The molecule has 2 atom stereocenters. The van der Waals surface area contributed by atoms with Crippen molar-refractivity contribution in [3.63, 3.8) is 0 Å². The number of ketones is 1. The number of carbonyl (C=O) groups excluding carboxylic acids is 2. The molecule has 118 valence electrons. The van der Waals surface area contributed by atoms with Gasteiger partial charge in [-0.25, -0.2) is 4.79 Å². The monoisotopic (exact) mass is 295 g/mol. The largest absolute Gasteiger partial charge is 0.464 e. The zero-order valence-corrected chi connectivity index (χ0v) is 12.7. The topological polar surface area (TPSA) is 66.8 Å². The van der Waals surface area contributed by atoms with E-state index in [1.165, 1.54) is 6.42 Å². The van der Waals surface area contributed by atoms with E-state index in [2.05, 4.69) is 0 Å². The molecule has 0 aromatic heterocycles. The molecule has 2 rings (SSSR count). The summed E-state index contributed by atoms with van der Waals surface area (Å²) in [6.45, 7) is 2.46. The Morgan fingerprint density at radius 3 is 2.67 bits per heavy atom. The first-order valence-electron chi connectivity index (χ1n) is 7.94. The lowest BCUT2D eigenvalue weighted by Crippen LogP contribution is -2.34. The number of hydrogen-bond acceptors (Lipinski definition) is 5. The van der Waals surface area contributed by atoms with Crippen molar-refractivity contribution in [3.05, 3.63) is 12.3 Å². The van der Waals surface area contributed by atoms with Crippen molar-refractivity contribution in [3.8, 4) is 0 Å². The third-order valence-corrected chi connectivity index (χ3v) is 4.31. The Morgan fingerprint density at radius 1 is 1.29 bits per heavy atom. The summed E-state index contributed by atoms with van der Waals surface area (Å²) in [5.41, 5.74) is 0. The van der Waals surface area contributed by atoms with Gasteiger partial charge in [0.25, 0.3) is 0 Å². The van der Waals surface area contributed by atoms with Gasteiger partial charge in [0.05, 0.1) is 12.7 Å². The van der Waals surface area contributed by atoms with Gasteiger partial charge < -0.3 is 14.7 Å². The first kappa shape index (κ1) is 16.0. The minimum absolute atomic E-state index is 0.128. The van der Waals surface area contributed by atoms with Crippen LogP contribution in [-0.2, 0) is 14.3 Å². The van der Waals surface area contributed by atoms with Crippen LogP contribution in [0.25, 0.3) is 0 Å². The van der Waals surface area contributed by atoms with Crippen LogP contribution in [0.4, 0.5) is 0 Å². The van der Waals surface area contributed by atoms with Crippen molar-refractivity contribution in [2.45, 2.75) is 57.6 Å². The van der Waals surface area contributed by atoms with E-state index in [1.54, 1.807) is 24.1 Å². The lowest BCUT2D eigenvalue weighted by atomic mass is 9.86. The van der Waals surface area contributed by atoms with Crippen molar-refractivity contribution in [1.82, 2.24) is 4.90 Å². The second-order valence-corrected chi connectivity index (χ2v) is 5.91. The average Bonchev–Trinajstić information content (AvgIpc) is 2.87. The minimum atomic E-state index is -0.547. The summed E-state index contributed by atoms with van der Waals surface area (Å²) in [4.78, 5) is 25.7. The minimum Gasteiger partial charge on any atom is -0.464 e. The van der Waals surface area contributed by atoms with Gasteiger partial charge in [-0.15, -0.1) is 0 Å².